The van der Waals surface area contributed by atoms with Crippen molar-refractivity contribution >= 4 is 0 Å². The number of nitrogens with one attached hydrogen (secondary N) is 1. The van der Waals surface area contributed by atoms with Crippen molar-refractivity contribution in [1.29, 1.82) is 0 Å². The average Bonchev–Trinajstić information content (AvgIpc) is 2.16. The second-order valence-electron chi connectivity index (χ2n) is 3.70. The lowest BCUT2D eigenvalue weighted by molar-refractivity contribution is 0.156. The Labute approximate surface area is 83.4 Å². The third-order valence-corrected chi connectivity index (χ3v) is 2.64. The van der Waals surface area contributed by atoms with Crippen LogP contribution in [-0.2, 0) is 0 Å². The molecule has 0 saturated heterocycles. The van der Waals surface area contributed by atoms with E-state index in [-0.39, 0.29) is 0 Å². The molecule has 0 aliphatic heterocycles. The monoisotopic (exact) mass is 193 g/mol. The van der Waals surface area contributed by atoms with Crippen molar-refractivity contribution in [1.82, 2.24) is 15.5 Å². The molecule has 1 atom stereocenters. The Kier molecular flexibility index (Phi) is 3.06. The van der Waals surface area contributed by atoms with Gasteiger partial charge in [-0.15, -0.1) is 0 Å². The van der Waals surface area contributed by atoms with E-state index in [1.165, 1.54) is 19.3 Å². The number of hydrogen-bond donors (Lipinski definition) is 2. The predicted molar refractivity (Wildman–Crippen MR) is 52.6 cm³/mol. The Morgan fingerprint density at radius 3 is 3.00 bits per heavy atom. The van der Waals surface area contributed by atoms with E-state index >= 15 is 0 Å². The normalized spacial score (nSPS) is 18.9. The highest BCUT2D eigenvalue weighted by Gasteiger charge is 2.18. The fraction of sp³-hybridized carbons (Fsp3) is 0.600. The van der Waals surface area contributed by atoms with Crippen molar-refractivity contribution in [2.75, 3.05) is 6.54 Å². The van der Waals surface area contributed by atoms with Gasteiger partial charge in [0.15, 0.2) is 0 Å². The van der Waals surface area contributed by atoms with Crippen LogP contribution in [0.1, 0.15) is 31.1 Å². The molecule has 2 rings (SSSR count). The standard InChI is InChI=1S/C10H15N3O/c14-10(7-11-8-3-1-4-8)9-5-2-6-12-13-9/h2,5-6,8,10-11,14H,1,3-4,7H2. The van der Waals surface area contributed by atoms with Crippen molar-refractivity contribution in [3.63, 3.8) is 0 Å². The Hall–Kier alpha value is -1.00. The van der Waals surface area contributed by atoms with Crippen LogP contribution in [-0.4, -0.2) is 27.9 Å². The van der Waals surface area contributed by atoms with E-state index in [0.29, 0.717) is 18.3 Å². The lowest BCUT2D eigenvalue weighted by Gasteiger charge is -2.27. The number of nitrogens with zero attached hydrogens (tertiary/aromatic N) is 2. The third-order valence-electron chi connectivity index (χ3n) is 2.64. The summed E-state index contributed by atoms with van der Waals surface area (Å²) in [5.41, 5.74) is 0.638. The van der Waals surface area contributed by atoms with Gasteiger partial charge >= 0.3 is 0 Å². The summed E-state index contributed by atoms with van der Waals surface area (Å²) in [5.74, 6) is 0. The van der Waals surface area contributed by atoms with Crippen LogP contribution in [0.5, 0.6) is 0 Å². The number of aliphatic hydroxyl groups excluding tert-OH is 1. The highest BCUT2D eigenvalue weighted by Crippen LogP contribution is 2.18. The SMILES string of the molecule is OC(CNC1CCC1)c1cccnn1. The molecule has 1 aromatic rings. The van der Waals surface area contributed by atoms with Gasteiger partial charge in [0, 0.05) is 18.8 Å². The van der Waals surface area contributed by atoms with E-state index in [1.807, 2.05) is 0 Å². The summed E-state index contributed by atoms with van der Waals surface area (Å²) in [5, 5.41) is 20.6. The second kappa shape index (κ2) is 4.48. The molecular formula is C10H15N3O. The van der Waals surface area contributed by atoms with Gasteiger partial charge in [0.25, 0.3) is 0 Å². The van der Waals surface area contributed by atoms with Crippen molar-refractivity contribution in [2.45, 2.75) is 31.4 Å². The maximum Gasteiger partial charge on any atom is 0.110 e. The average molecular weight is 193 g/mol. The molecule has 1 saturated carbocycles. The van der Waals surface area contributed by atoms with Crippen molar-refractivity contribution in [3.05, 3.63) is 24.0 Å². The van der Waals surface area contributed by atoms with Crippen LogP contribution in [0.2, 0.25) is 0 Å². The van der Waals surface area contributed by atoms with Gasteiger partial charge in [-0.1, -0.05) is 6.42 Å². The molecule has 0 radical (unpaired) electrons. The molecule has 1 aromatic heterocycles. The molecule has 0 bridgehead atoms. The van der Waals surface area contributed by atoms with E-state index in [1.54, 1.807) is 18.3 Å². The Bertz CT molecular complexity index is 274. The minimum absolute atomic E-state index is 0.538. The Morgan fingerprint density at radius 1 is 1.57 bits per heavy atom. The smallest absolute Gasteiger partial charge is 0.110 e. The fourth-order valence-electron chi connectivity index (χ4n) is 1.49. The zero-order valence-electron chi connectivity index (χ0n) is 8.06. The first-order valence-electron chi connectivity index (χ1n) is 5.05. The first-order chi connectivity index (χ1) is 6.86. The van der Waals surface area contributed by atoms with Crippen LogP contribution >= 0.6 is 0 Å². The highest BCUT2D eigenvalue weighted by atomic mass is 16.3. The van der Waals surface area contributed by atoms with Crippen LogP contribution in [0.15, 0.2) is 18.3 Å². The van der Waals surface area contributed by atoms with Crippen molar-refractivity contribution in [2.24, 2.45) is 0 Å². The van der Waals surface area contributed by atoms with Gasteiger partial charge in [-0.2, -0.15) is 10.2 Å². The predicted octanol–water partition coefficient (Wildman–Crippen LogP) is 0.652. The minimum Gasteiger partial charge on any atom is -0.385 e. The molecule has 1 aliphatic carbocycles. The highest BCUT2D eigenvalue weighted by molar-refractivity contribution is 5.03. The van der Waals surface area contributed by atoms with Crippen LogP contribution in [0.3, 0.4) is 0 Å². The lowest BCUT2D eigenvalue weighted by atomic mass is 9.93. The second-order valence-corrected chi connectivity index (χ2v) is 3.70. The fourth-order valence-corrected chi connectivity index (χ4v) is 1.49. The molecule has 76 valence electrons. The van der Waals surface area contributed by atoms with E-state index in [0.717, 1.165) is 0 Å². The summed E-state index contributed by atoms with van der Waals surface area (Å²) < 4.78 is 0. The zero-order chi connectivity index (χ0) is 9.80. The van der Waals surface area contributed by atoms with E-state index < -0.39 is 6.10 Å². The molecule has 1 unspecified atom stereocenters. The Morgan fingerprint density at radius 2 is 2.43 bits per heavy atom. The van der Waals surface area contributed by atoms with Crippen LogP contribution < -0.4 is 5.32 Å². The number of aromatic nitrogens is 2. The van der Waals surface area contributed by atoms with Crippen molar-refractivity contribution < 1.29 is 5.11 Å². The van der Waals surface area contributed by atoms with Crippen LogP contribution in [0.4, 0.5) is 0 Å². The summed E-state index contributed by atoms with van der Waals surface area (Å²) in [6, 6.07) is 4.18. The summed E-state index contributed by atoms with van der Waals surface area (Å²) in [4.78, 5) is 0. The van der Waals surface area contributed by atoms with E-state index in [4.69, 9.17) is 0 Å². The van der Waals surface area contributed by atoms with E-state index in [2.05, 4.69) is 15.5 Å². The summed E-state index contributed by atoms with van der Waals surface area (Å²) >= 11 is 0. The summed E-state index contributed by atoms with van der Waals surface area (Å²) in [7, 11) is 0. The van der Waals surface area contributed by atoms with Gasteiger partial charge in [0.05, 0.1) is 5.69 Å². The molecule has 4 nitrogen and oxygen atoms in total. The molecule has 0 aromatic carbocycles. The number of hydrogen-bond acceptors (Lipinski definition) is 4. The third kappa shape index (κ3) is 2.27. The van der Waals surface area contributed by atoms with Gasteiger partial charge in [-0.25, -0.2) is 0 Å². The van der Waals surface area contributed by atoms with Gasteiger partial charge in [0.1, 0.15) is 6.10 Å². The first-order valence-corrected chi connectivity index (χ1v) is 5.05. The topological polar surface area (TPSA) is 58.0 Å². The molecule has 14 heavy (non-hydrogen) atoms. The van der Waals surface area contributed by atoms with Gasteiger partial charge in [0.2, 0.25) is 0 Å². The minimum atomic E-state index is -0.538. The molecule has 2 N–H and O–H groups in total. The molecule has 1 fully saturated rings. The summed E-state index contributed by atoms with van der Waals surface area (Å²) in [6.45, 7) is 0.573. The van der Waals surface area contributed by atoms with Gasteiger partial charge < -0.3 is 10.4 Å². The van der Waals surface area contributed by atoms with E-state index in [9.17, 15) is 5.11 Å². The molecule has 1 aliphatic rings. The molecule has 0 amide bonds. The molecule has 4 heteroatoms. The quantitative estimate of drug-likeness (QED) is 0.737. The zero-order valence-corrected chi connectivity index (χ0v) is 8.06. The molecule has 1 heterocycles. The largest absolute Gasteiger partial charge is 0.385 e. The Balaban J connectivity index is 1.80. The number of rotatable bonds is 4. The van der Waals surface area contributed by atoms with Gasteiger partial charge in [-0.05, 0) is 25.0 Å². The summed E-state index contributed by atoms with van der Waals surface area (Å²) in [6.07, 6.45) is 4.83. The number of aliphatic hydroxyl groups is 1. The van der Waals surface area contributed by atoms with Gasteiger partial charge in [-0.3, -0.25) is 0 Å². The van der Waals surface area contributed by atoms with Crippen LogP contribution in [0.25, 0.3) is 0 Å². The van der Waals surface area contributed by atoms with Crippen molar-refractivity contribution in [3.8, 4) is 0 Å². The first kappa shape index (κ1) is 9.55. The maximum atomic E-state index is 9.72. The maximum absolute atomic E-state index is 9.72. The van der Waals surface area contributed by atoms with Crippen LogP contribution in [0, 0.1) is 0 Å². The molecule has 0 spiro atoms. The molecular weight excluding hydrogens is 178 g/mol. The lowest BCUT2D eigenvalue weighted by Crippen LogP contribution is -2.37.